The molecule has 1 aromatic carbocycles. The Labute approximate surface area is 110 Å². The van der Waals surface area contributed by atoms with Crippen LogP contribution in [-0.2, 0) is 6.42 Å². The number of allylic oxidation sites excluding steroid dienone is 1. The average Bonchev–Trinajstić information content (AvgIpc) is 2.43. The molecule has 1 rings (SSSR count). The lowest BCUT2D eigenvalue weighted by molar-refractivity contribution is 0.728. The van der Waals surface area contributed by atoms with Gasteiger partial charge in [-0.05, 0) is 24.8 Å². The second-order valence-electron chi connectivity index (χ2n) is 4.20. The summed E-state index contributed by atoms with van der Waals surface area (Å²) in [7, 11) is 0. The molecule has 0 heterocycles. The molecule has 0 aliphatic rings. The Morgan fingerprint density at radius 3 is 2.67 bits per heavy atom. The first kappa shape index (κ1) is 14.1. The molecule has 0 bridgehead atoms. The second-order valence-corrected chi connectivity index (χ2v) is 4.20. The minimum atomic E-state index is 0.257. The van der Waals surface area contributed by atoms with Gasteiger partial charge < -0.3 is 0 Å². The van der Waals surface area contributed by atoms with Gasteiger partial charge in [-0.3, -0.25) is 0 Å². The number of nitrogens with zero attached hydrogens (tertiary/aromatic N) is 1. The van der Waals surface area contributed by atoms with Gasteiger partial charge in [0.25, 0.3) is 0 Å². The first-order chi connectivity index (χ1) is 8.86. The number of nitriles is 1. The topological polar surface area (TPSA) is 23.8 Å². The van der Waals surface area contributed by atoms with E-state index >= 15 is 0 Å². The second kappa shape index (κ2) is 9.08. The molecule has 0 saturated carbocycles. The Balaban J connectivity index is 2.34. The number of unbranched alkanes of at least 4 members (excludes halogenated alkanes) is 2. The summed E-state index contributed by atoms with van der Waals surface area (Å²) in [6.07, 6.45) is 6.23. The quantitative estimate of drug-likeness (QED) is 0.415. The van der Waals surface area contributed by atoms with E-state index in [1.165, 1.54) is 5.56 Å². The smallest absolute Gasteiger partial charge is 0.0622 e. The van der Waals surface area contributed by atoms with Crippen molar-refractivity contribution in [3.63, 3.8) is 0 Å². The van der Waals surface area contributed by atoms with E-state index < -0.39 is 0 Å². The van der Waals surface area contributed by atoms with Crippen LogP contribution >= 0.6 is 0 Å². The molecule has 1 heteroatoms. The van der Waals surface area contributed by atoms with Crippen LogP contribution in [0.5, 0.6) is 0 Å². The SMILES string of the molecule is C=C[C@@H](C#CCCCC#N)CCc1ccccc1. The van der Waals surface area contributed by atoms with Gasteiger partial charge in [-0.2, -0.15) is 5.26 Å². The molecule has 0 radical (unpaired) electrons. The van der Waals surface area contributed by atoms with Crippen molar-refractivity contribution in [2.24, 2.45) is 5.92 Å². The monoisotopic (exact) mass is 237 g/mol. The van der Waals surface area contributed by atoms with Crippen LogP contribution in [0.3, 0.4) is 0 Å². The van der Waals surface area contributed by atoms with Gasteiger partial charge in [-0.1, -0.05) is 42.3 Å². The molecule has 0 aromatic heterocycles. The summed E-state index contributed by atoms with van der Waals surface area (Å²) >= 11 is 0. The zero-order valence-corrected chi connectivity index (χ0v) is 10.7. The minimum absolute atomic E-state index is 0.257. The number of hydrogen-bond donors (Lipinski definition) is 0. The highest BCUT2D eigenvalue weighted by molar-refractivity contribution is 5.16. The summed E-state index contributed by atoms with van der Waals surface area (Å²) in [5.74, 6) is 6.61. The third-order valence-corrected chi connectivity index (χ3v) is 2.75. The van der Waals surface area contributed by atoms with Crippen molar-refractivity contribution in [3.8, 4) is 17.9 Å². The molecule has 0 spiro atoms. The Morgan fingerprint density at radius 2 is 2.00 bits per heavy atom. The first-order valence-electron chi connectivity index (χ1n) is 6.38. The van der Waals surface area contributed by atoms with Gasteiger partial charge >= 0.3 is 0 Å². The highest BCUT2D eigenvalue weighted by Gasteiger charge is 2.00. The summed E-state index contributed by atoms with van der Waals surface area (Å²) in [5.41, 5.74) is 1.34. The van der Waals surface area contributed by atoms with E-state index in [0.29, 0.717) is 6.42 Å². The maximum Gasteiger partial charge on any atom is 0.0622 e. The van der Waals surface area contributed by atoms with Crippen molar-refractivity contribution in [2.45, 2.75) is 32.1 Å². The summed E-state index contributed by atoms with van der Waals surface area (Å²) < 4.78 is 0. The lowest BCUT2D eigenvalue weighted by atomic mass is 10.00. The maximum absolute atomic E-state index is 8.42. The lowest BCUT2D eigenvalue weighted by Crippen LogP contribution is -1.95. The molecule has 1 nitrogen and oxygen atoms in total. The van der Waals surface area contributed by atoms with Crippen LogP contribution in [0, 0.1) is 29.1 Å². The summed E-state index contributed by atoms with van der Waals surface area (Å²) in [5, 5.41) is 8.42. The third kappa shape index (κ3) is 5.92. The van der Waals surface area contributed by atoms with Crippen LogP contribution in [0.4, 0.5) is 0 Å². The van der Waals surface area contributed by atoms with Gasteiger partial charge in [0.1, 0.15) is 0 Å². The lowest BCUT2D eigenvalue weighted by Gasteiger charge is -2.04. The van der Waals surface area contributed by atoms with Crippen molar-refractivity contribution in [1.82, 2.24) is 0 Å². The maximum atomic E-state index is 8.42. The molecule has 92 valence electrons. The molecule has 0 aliphatic heterocycles. The zero-order chi connectivity index (χ0) is 13.1. The van der Waals surface area contributed by atoms with Gasteiger partial charge in [0.15, 0.2) is 0 Å². The van der Waals surface area contributed by atoms with E-state index in [4.69, 9.17) is 5.26 Å². The van der Waals surface area contributed by atoms with Crippen LogP contribution < -0.4 is 0 Å². The van der Waals surface area contributed by atoms with E-state index in [-0.39, 0.29) is 5.92 Å². The Morgan fingerprint density at radius 1 is 1.22 bits per heavy atom. The highest BCUT2D eigenvalue weighted by Crippen LogP contribution is 2.10. The van der Waals surface area contributed by atoms with Crippen molar-refractivity contribution >= 4 is 0 Å². The number of rotatable bonds is 6. The molecule has 1 atom stereocenters. The van der Waals surface area contributed by atoms with Crippen molar-refractivity contribution in [2.75, 3.05) is 0 Å². The molecule has 0 unspecified atom stereocenters. The highest BCUT2D eigenvalue weighted by atomic mass is 14.2. The van der Waals surface area contributed by atoms with Gasteiger partial charge in [-0.25, -0.2) is 0 Å². The predicted molar refractivity (Wildman–Crippen MR) is 75.7 cm³/mol. The Bertz CT molecular complexity index is 442. The molecule has 1 aromatic rings. The zero-order valence-electron chi connectivity index (χ0n) is 10.7. The molecular weight excluding hydrogens is 218 g/mol. The standard InChI is InChI=1S/C17H19N/c1-2-16(10-6-3-4-9-15-18)13-14-17-11-7-5-8-12-17/h2,5,7-8,11-12,16H,1,3-4,9,13-14H2/t16-/m0/s1. The van der Waals surface area contributed by atoms with Crippen molar-refractivity contribution in [1.29, 1.82) is 5.26 Å². The van der Waals surface area contributed by atoms with E-state index in [9.17, 15) is 0 Å². The Kier molecular flexibility index (Phi) is 7.10. The largest absolute Gasteiger partial charge is 0.198 e. The first-order valence-corrected chi connectivity index (χ1v) is 6.38. The Hall–Kier alpha value is -1.99. The van der Waals surface area contributed by atoms with Gasteiger partial charge in [0, 0.05) is 18.8 Å². The minimum Gasteiger partial charge on any atom is -0.198 e. The van der Waals surface area contributed by atoms with Crippen LogP contribution in [0.25, 0.3) is 0 Å². The summed E-state index contributed by atoms with van der Waals surface area (Å²) in [6, 6.07) is 12.6. The van der Waals surface area contributed by atoms with Crippen LogP contribution in [0.2, 0.25) is 0 Å². The van der Waals surface area contributed by atoms with Crippen LogP contribution in [0.1, 0.15) is 31.2 Å². The molecular formula is C17H19N. The van der Waals surface area contributed by atoms with Gasteiger partial charge in [-0.15, -0.1) is 12.5 Å². The van der Waals surface area contributed by atoms with E-state index in [1.807, 2.05) is 12.1 Å². The molecule has 0 fully saturated rings. The van der Waals surface area contributed by atoms with E-state index in [2.05, 4.69) is 48.8 Å². The van der Waals surface area contributed by atoms with Crippen LogP contribution in [-0.4, -0.2) is 0 Å². The van der Waals surface area contributed by atoms with E-state index in [0.717, 1.165) is 25.7 Å². The molecule has 0 aliphatic carbocycles. The normalized spacial score (nSPS) is 10.8. The molecule has 18 heavy (non-hydrogen) atoms. The molecule has 0 N–H and O–H groups in total. The van der Waals surface area contributed by atoms with Gasteiger partial charge in [0.2, 0.25) is 0 Å². The number of benzene rings is 1. The van der Waals surface area contributed by atoms with Gasteiger partial charge in [0.05, 0.1) is 6.07 Å². The fraction of sp³-hybridized carbons (Fsp3) is 0.353. The third-order valence-electron chi connectivity index (χ3n) is 2.75. The summed E-state index contributed by atoms with van der Waals surface area (Å²) in [4.78, 5) is 0. The summed E-state index contributed by atoms with van der Waals surface area (Å²) in [6.45, 7) is 3.83. The molecule has 0 amide bonds. The number of aryl methyl sites for hydroxylation is 1. The predicted octanol–water partition coefficient (Wildman–Crippen LogP) is 4.12. The average molecular weight is 237 g/mol. The van der Waals surface area contributed by atoms with E-state index in [1.54, 1.807) is 0 Å². The van der Waals surface area contributed by atoms with Crippen molar-refractivity contribution < 1.29 is 0 Å². The fourth-order valence-corrected chi connectivity index (χ4v) is 1.67. The fourth-order valence-electron chi connectivity index (χ4n) is 1.67. The molecule has 0 saturated heterocycles. The van der Waals surface area contributed by atoms with Crippen molar-refractivity contribution in [3.05, 3.63) is 48.6 Å². The number of hydrogen-bond acceptors (Lipinski definition) is 1. The van der Waals surface area contributed by atoms with Crippen LogP contribution in [0.15, 0.2) is 43.0 Å².